The Bertz CT molecular complexity index is 376. The largest absolute Gasteiger partial charge is 0.481 e. The average molecular weight is 271 g/mol. The molecule has 0 saturated carbocycles. The number of piperidine rings is 1. The maximum absolute atomic E-state index is 12.0. The van der Waals surface area contributed by atoms with E-state index in [0.29, 0.717) is 13.2 Å². The Labute approximate surface area is 112 Å². The smallest absolute Gasteiger partial charge is 0.410 e. The molecular weight excluding hydrogens is 250 g/mol. The lowest BCUT2D eigenvalue weighted by Crippen LogP contribution is -2.53. The molecule has 2 heterocycles. The number of rotatable bonds is 1. The summed E-state index contributed by atoms with van der Waals surface area (Å²) < 4.78 is 10.8. The molecular formula is C13H21NO5. The number of carbonyl (C=O) groups excluding carboxylic acids is 1. The minimum Gasteiger partial charge on any atom is -0.481 e. The minimum atomic E-state index is -0.867. The number of amides is 1. The van der Waals surface area contributed by atoms with Gasteiger partial charge in [-0.15, -0.1) is 0 Å². The third-order valence-corrected chi connectivity index (χ3v) is 3.56. The molecule has 0 aromatic rings. The summed E-state index contributed by atoms with van der Waals surface area (Å²) in [6.45, 7) is 6.56. The first kappa shape index (κ1) is 14.1. The fourth-order valence-electron chi connectivity index (χ4n) is 2.71. The van der Waals surface area contributed by atoms with E-state index in [2.05, 4.69) is 0 Å². The van der Waals surface area contributed by atoms with E-state index >= 15 is 0 Å². The zero-order chi connectivity index (χ0) is 14.2. The molecule has 2 fully saturated rings. The van der Waals surface area contributed by atoms with Gasteiger partial charge >= 0.3 is 12.1 Å². The number of hydrogen-bond donors (Lipinski definition) is 1. The Kier molecular flexibility index (Phi) is 3.71. The highest BCUT2D eigenvalue weighted by Gasteiger charge is 2.45. The van der Waals surface area contributed by atoms with Crippen molar-refractivity contribution < 1.29 is 24.2 Å². The van der Waals surface area contributed by atoms with Crippen molar-refractivity contribution in [1.29, 1.82) is 0 Å². The molecule has 0 aliphatic carbocycles. The number of hydrogen-bond acceptors (Lipinski definition) is 4. The molecule has 19 heavy (non-hydrogen) atoms. The number of carbonyl (C=O) groups is 2. The van der Waals surface area contributed by atoms with Crippen LogP contribution in [0.25, 0.3) is 0 Å². The Morgan fingerprint density at radius 1 is 1.32 bits per heavy atom. The molecule has 6 heteroatoms. The molecule has 3 unspecified atom stereocenters. The van der Waals surface area contributed by atoms with E-state index in [1.807, 2.05) is 0 Å². The van der Waals surface area contributed by atoms with Gasteiger partial charge in [0.05, 0.1) is 18.6 Å². The second-order valence-corrected chi connectivity index (χ2v) is 6.19. The second-order valence-electron chi connectivity index (χ2n) is 6.19. The molecule has 2 rings (SSSR count). The van der Waals surface area contributed by atoms with Gasteiger partial charge in [-0.05, 0) is 27.2 Å². The summed E-state index contributed by atoms with van der Waals surface area (Å²) in [5.74, 6) is -1.42. The lowest BCUT2D eigenvalue weighted by molar-refractivity contribution is -0.147. The summed E-state index contributed by atoms with van der Waals surface area (Å²) >= 11 is 0. The highest BCUT2D eigenvalue weighted by atomic mass is 16.6. The van der Waals surface area contributed by atoms with Gasteiger partial charge in [0.15, 0.2) is 0 Å². The van der Waals surface area contributed by atoms with Crippen molar-refractivity contribution in [3.8, 4) is 0 Å². The number of carboxylic acid groups (broad SMARTS) is 1. The third-order valence-electron chi connectivity index (χ3n) is 3.56. The van der Waals surface area contributed by atoms with Crippen molar-refractivity contribution in [3.63, 3.8) is 0 Å². The second kappa shape index (κ2) is 5.00. The molecule has 1 amide bonds. The zero-order valence-electron chi connectivity index (χ0n) is 11.6. The molecule has 0 aromatic carbocycles. The standard InChI is InChI=1S/C13H21NO5/c1-13(2,3)19-12(17)14-6-9(11(15)16)8-4-5-18-10(8)7-14/h8-10H,4-7H2,1-3H3,(H,15,16). The van der Waals surface area contributed by atoms with Gasteiger partial charge in [0, 0.05) is 19.1 Å². The first-order valence-corrected chi connectivity index (χ1v) is 6.60. The minimum absolute atomic E-state index is 0.0104. The van der Waals surface area contributed by atoms with Crippen LogP contribution in [0.5, 0.6) is 0 Å². The Morgan fingerprint density at radius 2 is 2.00 bits per heavy atom. The van der Waals surface area contributed by atoms with Crippen LogP contribution in [0.1, 0.15) is 27.2 Å². The Balaban J connectivity index is 2.07. The predicted octanol–water partition coefficient (Wildman–Crippen LogP) is 1.34. The molecule has 2 aliphatic rings. The third kappa shape index (κ3) is 3.18. The Hall–Kier alpha value is -1.30. The number of fused-ring (bicyclic) bond motifs is 1. The summed E-state index contributed by atoms with van der Waals surface area (Å²) in [5.41, 5.74) is -0.580. The van der Waals surface area contributed by atoms with Crippen LogP contribution in [-0.2, 0) is 14.3 Å². The average Bonchev–Trinajstić information content (AvgIpc) is 2.72. The van der Waals surface area contributed by atoms with Crippen LogP contribution in [0.15, 0.2) is 0 Å². The lowest BCUT2D eigenvalue weighted by atomic mass is 9.83. The molecule has 108 valence electrons. The summed E-state index contributed by atoms with van der Waals surface area (Å²) in [4.78, 5) is 24.8. The number of nitrogens with zero attached hydrogens (tertiary/aromatic N) is 1. The first-order chi connectivity index (χ1) is 8.78. The van der Waals surface area contributed by atoms with E-state index in [1.54, 1.807) is 20.8 Å². The van der Waals surface area contributed by atoms with E-state index in [9.17, 15) is 14.7 Å². The SMILES string of the molecule is CC(C)(C)OC(=O)N1CC2OCCC2C(C(=O)O)C1. The van der Waals surface area contributed by atoms with Crippen LogP contribution in [0.2, 0.25) is 0 Å². The number of aliphatic carboxylic acids is 1. The van der Waals surface area contributed by atoms with Crippen molar-refractivity contribution in [2.45, 2.75) is 38.9 Å². The van der Waals surface area contributed by atoms with E-state index in [0.717, 1.165) is 6.42 Å². The quantitative estimate of drug-likeness (QED) is 0.779. The maximum atomic E-state index is 12.0. The van der Waals surface area contributed by atoms with E-state index in [-0.39, 0.29) is 18.6 Å². The van der Waals surface area contributed by atoms with E-state index < -0.39 is 23.6 Å². The van der Waals surface area contributed by atoms with Crippen LogP contribution in [0.3, 0.4) is 0 Å². The summed E-state index contributed by atoms with van der Waals surface area (Å²) in [6, 6.07) is 0. The molecule has 0 spiro atoms. The normalized spacial score (nSPS) is 30.9. The van der Waals surface area contributed by atoms with Gasteiger partial charge in [-0.3, -0.25) is 4.79 Å². The molecule has 3 atom stereocenters. The highest BCUT2D eigenvalue weighted by molar-refractivity contribution is 5.74. The number of likely N-dealkylation sites (tertiary alicyclic amines) is 1. The number of ether oxygens (including phenoxy) is 2. The van der Waals surface area contributed by atoms with Crippen molar-refractivity contribution in [1.82, 2.24) is 4.90 Å². The van der Waals surface area contributed by atoms with Gasteiger partial charge in [0.2, 0.25) is 0 Å². The fraction of sp³-hybridized carbons (Fsp3) is 0.846. The first-order valence-electron chi connectivity index (χ1n) is 6.60. The van der Waals surface area contributed by atoms with Crippen LogP contribution in [-0.4, -0.2) is 53.5 Å². The lowest BCUT2D eigenvalue weighted by Gasteiger charge is -2.38. The maximum Gasteiger partial charge on any atom is 0.410 e. The van der Waals surface area contributed by atoms with Gasteiger partial charge in [-0.25, -0.2) is 4.79 Å². The van der Waals surface area contributed by atoms with Crippen molar-refractivity contribution in [3.05, 3.63) is 0 Å². The molecule has 0 bridgehead atoms. The van der Waals surface area contributed by atoms with E-state index in [4.69, 9.17) is 9.47 Å². The summed E-state index contributed by atoms with van der Waals surface area (Å²) in [7, 11) is 0. The van der Waals surface area contributed by atoms with Crippen LogP contribution < -0.4 is 0 Å². The topological polar surface area (TPSA) is 76.1 Å². The van der Waals surface area contributed by atoms with Crippen molar-refractivity contribution in [2.75, 3.05) is 19.7 Å². The van der Waals surface area contributed by atoms with Crippen molar-refractivity contribution in [2.24, 2.45) is 11.8 Å². The molecule has 0 radical (unpaired) electrons. The van der Waals surface area contributed by atoms with Gasteiger partial charge in [-0.1, -0.05) is 0 Å². The van der Waals surface area contributed by atoms with Crippen LogP contribution in [0.4, 0.5) is 4.79 Å². The summed E-state index contributed by atoms with van der Waals surface area (Å²) in [5, 5.41) is 9.28. The van der Waals surface area contributed by atoms with Crippen LogP contribution >= 0.6 is 0 Å². The number of carboxylic acids is 1. The molecule has 2 aliphatic heterocycles. The Morgan fingerprint density at radius 3 is 2.58 bits per heavy atom. The molecule has 2 saturated heterocycles. The van der Waals surface area contributed by atoms with Gasteiger partial charge in [0.1, 0.15) is 5.60 Å². The van der Waals surface area contributed by atoms with E-state index in [1.165, 1.54) is 4.90 Å². The monoisotopic (exact) mass is 271 g/mol. The van der Waals surface area contributed by atoms with Crippen LogP contribution in [0, 0.1) is 11.8 Å². The highest BCUT2D eigenvalue weighted by Crippen LogP contribution is 2.34. The summed E-state index contributed by atoms with van der Waals surface area (Å²) in [6.07, 6.45) is 0.110. The van der Waals surface area contributed by atoms with Crippen molar-refractivity contribution >= 4 is 12.1 Å². The molecule has 1 N–H and O–H groups in total. The fourth-order valence-corrected chi connectivity index (χ4v) is 2.71. The van der Waals surface area contributed by atoms with Gasteiger partial charge in [0.25, 0.3) is 0 Å². The molecule has 0 aromatic heterocycles. The molecule has 6 nitrogen and oxygen atoms in total. The van der Waals surface area contributed by atoms with Gasteiger partial charge < -0.3 is 19.5 Å². The zero-order valence-corrected chi connectivity index (χ0v) is 11.6. The predicted molar refractivity (Wildman–Crippen MR) is 66.8 cm³/mol. The van der Waals surface area contributed by atoms with Gasteiger partial charge in [-0.2, -0.15) is 0 Å².